The van der Waals surface area contributed by atoms with Gasteiger partial charge in [-0.05, 0) is 57.5 Å². The Morgan fingerprint density at radius 1 is 1.03 bits per heavy atom. The lowest BCUT2D eigenvalue weighted by molar-refractivity contribution is -0.152. The van der Waals surface area contributed by atoms with Gasteiger partial charge in [-0.15, -0.1) is 0 Å². The van der Waals surface area contributed by atoms with Crippen molar-refractivity contribution in [2.45, 2.75) is 37.0 Å². The zero-order chi connectivity index (χ0) is 20.9. The molecular formula is C23H29NO4S. The molecule has 0 spiro atoms. The molecule has 0 bridgehead atoms. The first-order chi connectivity index (χ1) is 13.9. The van der Waals surface area contributed by atoms with Crippen LogP contribution in [-0.4, -0.2) is 51.3 Å². The number of nitrogens with zero attached hydrogens (tertiary/aromatic N) is 1. The van der Waals surface area contributed by atoms with E-state index in [1.54, 1.807) is 12.1 Å². The highest BCUT2D eigenvalue weighted by molar-refractivity contribution is 7.91. The minimum absolute atomic E-state index is 0.0772. The molecule has 1 saturated heterocycles. The van der Waals surface area contributed by atoms with E-state index >= 15 is 0 Å². The summed E-state index contributed by atoms with van der Waals surface area (Å²) >= 11 is 0. The monoisotopic (exact) mass is 415 g/mol. The minimum atomic E-state index is -3.32. The van der Waals surface area contributed by atoms with E-state index in [1.165, 1.54) is 0 Å². The number of hydrogen-bond donors (Lipinski definition) is 0. The highest BCUT2D eigenvalue weighted by atomic mass is 32.2. The van der Waals surface area contributed by atoms with E-state index in [0.717, 1.165) is 11.1 Å². The molecule has 1 heterocycles. The maximum Gasteiger partial charge on any atom is 0.316 e. The van der Waals surface area contributed by atoms with Crippen molar-refractivity contribution in [3.8, 4) is 0 Å². The number of rotatable bonds is 7. The quantitative estimate of drug-likeness (QED) is 0.649. The van der Waals surface area contributed by atoms with E-state index in [0.29, 0.717) is 44.0 Å². The lowest BCUT2D eigenvalue weighted by atomic mass is 9.72. The van der Waals surface area contributed by atoms with E-state index in [9.17, 15) is 13.2 Å². The van der Waals surface area contributed by atoms with Crippen LogP contribution >= 0.6 is 0 Å². The first kappa shape index (κ1) is 21.5. The summed E-state index contributed by atoms with van der Waals surface area (Å²) in [5.41, 5.74) is 1.37. The van der Waals surface area contributed by atoms with Gasteiger partial charge in [0.05, 0.1) is 22.7 Å². The summed E-state index contributed by atoms with van der Waals surface area (Å²) in [6.45, 7) is 5.90. The van der Waals surface area contributed by atoms with Gasteiger partial charge in [-0.3, -0.25) is 4.79 Å². The minimum Gasteiger partial charge on any atom is -0.465 e. The van der Waals surface area contributed by atoms with Crippen LogP contribution in [0.2, 0.25) is 0 Å². The van der Waals surface area contributed by atoms with E-state index < -0.39 is 15.3 Å². The van der Waals surface area contributed by atoms with Crippen LogP contribution in [-0.2, 0) is 24.8 Å². The predicted molar refractivity (Wildman–Crippen MR) is 114 cm³/mol. The molecule has 29 heavy (non-hydrogen) atoms. The SMILES string of the molecule is CCOC(=O)C1(c2ccccc2)CCN(CCS(=O)(=O)c2ccc(C)cc2)CC1. The molecule has 6 heteroatoms. The Morgan fingerprint density at radius 2 is 1.66 bits per heavy atom. The first-order valence-corrected chi connectivity index (χ1v) is 11.8. The second-order valence-corrected chi connectivity index (χ2v) is 9.75. The third-order valence-electron chi connectivity index (χ3n) is 5.76. The van der Waals surface area contributed by atoms with E-state index in [-0.39, 0.29) is 11.7 Å². The molecule has 5 nitrogen and oxygen atoms in total. The van der Waals surface area contributed by atoms with Gasteiger partial charge in [0.15, 0.2) is 9.84 Å². The number of sulfone groups is 1. The average molecular weight is 416 g/mol. The van der Waals surface area contributed by atoms with Crippen LogP contribution in [0.15, 0.2) is 59.5 Å². The standard InChI is InChI=1S/C23H29NO4S/c1-3-28-22(25)23(20-7-5-4-6-8-20)13-15-24(16-14-23)17-18-29(26,27)21-11-9-19(2)10-12-21/h4-12H,3,13-18H2,1-2H3. The Labute approximate surface area is 173 Å². The van der Waals surface area contributed by atoms with Crippen molar-refractivity contribution < 1.29 is 17.9 Å². The summed E-state index contributed by atoms with van der Waals surface area (Å²) in [6, 6.07) is 16.8. The molecule has 0 N–H and O–H groups in total. The highest BCUT2D eigenvalue weighted by Crippen LogP contribution is 2.37. The van der Waals surface area contributed by atoms with Crippen molar-refractivity contribution in [1.82, 2.24) is 4.90 Å². The molecule has 1 aliphatic heterocycles. The number of esters is 1. The number of likely N-dealkylation sites (tertiary alicyclic amines) is 1. The van der Waals surface area contributed by atoms with Gasteiger partial charge in [0.25, 0.3) is 0 Å². The molecule has 1 aliphatic rings. The summed E-state index contributed by atoms with van der Waals surface area (Å²) in [7, 11) is -3.32. The topological polar surface area (TPSA) is 63.7 Å². The molecule has 1 fully saturated rings. The van der Waals surface area contributed by atoms with Crippen LogP contribution in [0, 0.1) is 6.92 Å². The molecule has 0 radical (unpaired) electrons. The van der Waals surface area contributed by atoms with Gasteiger partial charge in [0.2, 0.25) is 0 Å². The van der Waals surface area contributed by atoms with E-state index in [4.69, 9.17) is 4.74 Å². The number of hydrogen-bond acceptors (Lipinski definition) is 5. The molecule has 0 saturated carbocycles. The summed E-state index contributed by atoms with van der Waals surface area (Å²) < 4.78 is 30.7. The second-order valence-electron chi connectivity index (χ2n) is 7.64. The molecule has 2 aromatic carbocycles. The third kappa shape index (κ3) is 4.87. The predicted octanol–water partition coefficient (Wildman–Crippen LogP) is 3.37. The number of aryl methyl sites for hydroxylation is 1. The Morgan fingerprint density at radius 3 is 2.24 bits per heavy atom. The van der Waals surface area contributed by atoms with Crippen molar-refractivity contribution in [1.29, 1.82) is 0 Å². The molecule has 3 rings (SSSR count). The molecule has 0 aromatic heterocycles. The van der Waals surface area contributed by atoms with Gasteiger partial charge in [-0.1, -0.05) is 48.0 Å². The summed E-state index contributed by atoms with van der Waals surface area (Å²) in [6.07, 6.45) is 1.25. The molecular weight excluding hydrogens is 386 g/mol. The number of carbonyl (C=O) groups excluding carboxylic acids is 1. The lowest BCUT2D eigenvalue weighted by Gasteiger charge is -2.40. The van der Waals surface area contributed by atoms with Gasteiger partial charge in [0, 0.05) is 6.54 Å². The van der Waals surface area contributed by atoms with Crippen LogP contribution < -0.4 is 0 Å². The van der Waals surface area contributed by atoms with Gasteiger partial charge in [-0.25, -0.2) is 8.42 Å². The number of carbonyl (C=O) groups is 1. The zero-order valence-corrected chi connectivity index (χ0v) is 18.0. The van der Waals surface area contributed by atoms with Crippen molar-refractivity contribution >= 4 is 15.8 Å². The highest BCUT2D eigenvalue weighted by Gasteiger charge is 2.44. The van der Waals surface area contributed by atoms with Crippen LogP contribution in [0.3, 0.4) is 0 Å². The first-order valence-electron chi connectivity index (χ1n) is 10.1. The van der Waals surface area contributed by atoms with Crippen LogP contribution in [0.5, 0.6) is 0 Å². The maximum absolute atomic E-state index is 12.8. The van der Waals surface area contributed by atoms with Crippen LogP contribution in [0.4, 0.5) is 0 Å². The Kier molecular flexibility index (Phi) is 6.75. The third-order valence-corrected chi connectivity index (χ3v) is 7.47. The van der Waals surface area contributed by atoms with Crippen molar-refractivity contribution in [3.63, 3.8) is 0 Å². The Hall–Kier alpha value is -2.18. The number of ether oxygens (including phenoxy) is 1. The van der Waals surface area contributed by atoms with Crippen LogP contribution in [0.25, 0.3) is 0 Å². The number of benzene rings is 2. The Balaban J connectivity index is 1.66. The second kappa shape index (κ2) is 9.09. The lowest BCUT2D eigenvalue weighted by Crippen LogP contribution is -2.49. The zero-order valence-electron chi connectivity index (χ0n) is 17.1. The summed E-state index contributed by atoms with van der Waals surface area (Å²) in [4.78, 5) is 15.3. The average Bonchev–Trinajstić information content (AvgIpc) is 2.74. The molecule has 0 amide bonds. The van der Waals surface area contributed by atoms with Crippen molar-refractivity contribution in [3.05, 3.63) is 65.7 Å². The fourth-order valence-corrected chi connectivity index (χ4v) is 5.19. The van der Waals surface area contributed by atoms with Gasteiger partial charge in [-0.2, -0.15) is 0 Å². The van der Waals surface area contributed by atoms with E-state index in [2.05, 4.69) is 4.90 Å². The van der Waals surface area contributed by atoms with Crippen molar-refractivity contribution in [2.75, 3.05) is 32.0 Å². The molecule has 0 aliphatic carbocycles. The van der Waals surface area contributed by atoms with Crippen molar-refractivity contribution in [2.24, 2.45) is 0 Å². The van der Waals surface area contributed by atoms with Gasteiger partial charge >= 0.3 is 5.97 Å². The van der Waals surface area contributed by atoms with Crippen LogP contribution in [0.1, 0.15) is 30.9 Å². The maximum atomic E-state index is 12.8. The summed E-state index contributed by atoms with van der Waals surface area (Å²) in [5.74, 6) is -0.105. The smallest absolute Gasteiger partial charge is 0.316 e. The molecule has 0 atom stereocenters. The van der Waals surface area contributed by atoms with E-state index in [1.807, 2.05) is 56.3 Å². The largest absolute Gasteiger partial charge is 0.465 e. The van der Waals surface area contributed by atoms with Gasteiger partial charge < -0.3 is 9.64 Å². The molecule has 0 unspecified atom stereocenters. The molecule has 2 aromatic rings. The fourth-order valence-electron chi connectivity index (χ4n) is 3.91. The normalized spacial score (nSPS) is 17.0. The summed E-state index contributed by atoms with van der Waals surface area (Å²) in [5, 5.41) is 0. The van der Waals surface area contributed by atoms with Gasteiger partial charge in [0.1, 0.15) is 0 Å². The molecule has 156 valence electrons. The Bertz CT molecular complexity index is 915. The fraction of sp³-hybridized carbons (Fsp3) is 0.435. The number of piperidine rings is 1.